The molecule has 0 spiro atoms. The van der Waals surface area contributed by atoms with Crippen LogP contribution in [0.3, 0.4) is 0 Å². The number of hydrogen-bond acceptors (Lipinski definition) is 4. The molecule has 0 unspecified atom stereocenters. The van der Waals surface area contributed by atoms with Gasteiger partial charge in [-0.3, -0.25) is 9.59 Å². The number of amides is 2. The van der Waals surface area contributed by atoms with Gasteiger partial charge in [0.2, 0.25) is 0 Å². The zero-order valence-electron chi connectivity index (χ0n) is 21.6. The zero-order chi connectivity index (χ0) is 27.4. The molecular formula is C27H33F3N2O4. The summed E-state index contributed by atoms with van der Waals surface area (Å²) in [7, 11) is 0. The van der Waals surface area contributed by atoms with E-state index in [-0.39, 0.29) is 23.5 Å². The minimum atomic E-state index is -1.37. The van der Waals surface area contributed by atoms with Crippen LogP contribution in [0.25, 0.3) is 0 Å². The first kappa shape index (κ1) is 28.9. The number of halogens is 3. The zero-order valence-corrected chi connectivity index (χ0v) is 21.6. The lowest BCUT2D eigenvalue weighted by Gasteiger charge is -2.24. The number of benzene rings is 2. The van der Waals surface area contributed by atoms with Crippen LogP contribution in [-0.2, 0) is 22.4 Å². The summed E-state index contributed by atoms with van der Waals surface area (Å²) in [6.07, 6.45) is -1.66. The van der Waals surface area contributed by atoms with Crippen LogP contribution in [-0.4, -0.2) is 35.0 Å². The standard InChI is InChI=1S/C27H33F3N2O4/c1-15-8-9-18(24(34)32-26(2,3)4)16(10-15)13-23(33)22(31-25(35)36-27(5,6)7)12-17-11-20(29)21(30)14-19(17)28/h8-11,14,22H,12-13H2,1-7H3,(H,31,35)(H,32,34)/t22-/m1/s1. The van der Waals surface area contributed by atoms with E-state index in [1.54, 1.807) is 45.9 Å². The molecule has 2 amide bonds. The first-order valence-electron chi connectivity index (χ1n) is 11.5. The fraction of sp³-hybridized carbons (Fsp3) is 0.444. The number of ether oxygens (including phenoxy) is 1. The molecule has 1 atom stereocenters. The number of rotatable bonds is 7. The van der Waals surface area contributed by atoms with Crippen molar-refractivity contribution in [2.24, 2.45) is 0 Å². The number of alkyl carbamates (subject to hydrolysis) is 1. The topological polar surface area (TPSA) is 84.5 Å². The molecule has 0 fully saturated rings. The van der Waals surface area contributed by atoms with E-state index in [2.05, 4.69) is 10.6 Å². The molecule has 2 N–H and O–H groups in total. The van der Waals surface area contributed by atoms with Crippen LogP contribution in [0.15, 0.2) is 30.3 Å². The van der Waals surface area contributed by atoms with Crippen molar-refractivity contribution in [1.82, 2.24) is 10.6 Å². The highest BCUT2D eigenvalue weighted by molar-refractivity contribution is 5.98. The lowest BCUT2D eigenvalue weighted by molar-refractivity contribution is -0.120. The highest BCUT2D eigenvalue weighted by Crippen LogP contribution is 2.19. The number of aryl methyl sites for hydroxylation is 1. The number of Topliss-reactive ketones (excluding diaryl/α,β-unsaturated/α-hetero) is 1. The molecular weight excluding hydrogens is 473 g/mol. The number of ketones is 1. The lowest BCUT2D eigenvalue weighted by atomic mass is 9.93. The molecule has 0 aliphatic carbocycles. The van der Waals surface area contributed by atoms with Gasteiger partial charge in [0.05, 0.1) is 6.04 Å². The third kappa shape index (κ3) is 8.70. The van der Waals surface area contributed by atoms with Crippen LogP contribution >= 0.6 is 0 Å². The first-order chi connectivity index (χ1) is 16.4. The van der Waals surface area contributed by atoms with Crippen molar-refractivity contribution in [1.29, 1.82) is 0 Å². The fourth-order valence-corrected chi connectivity index (χ4v) is 3.44. The van der Waals surface area contributed by atoms with Crippen molar-refractivity contribution in [3.63, 3.8) is 0 Å². The lowest BCUT2D eigenvalue weighted by Crippen LogP contribution is -2.45. The molecule has 0 aliphatic rings. The summed E-state index contributed by atoms with van der Waals surface area (Å²) in [4.78, 5) is 38.6. The molecule has 0 radical (unpaired) electrons. The monoisotopic (exact) mass is 506 g/mol. The van der Waals surface area contributed by atoms with E-state index in [1.807, 2.05) is 20.8 Å². The Kier molecular flexibility index (Phi) is 8.93. The summed E-state index contributed by atoms with van der Waals surface area (Å²) >= 11 is 0. The summed E-state index contributed by atoms with van der Waals surface area (Å²) in [5, 5.41) is 5.26. The molecule has 9 heteroatoms. The summed E-state index contributed by atoms with van der Waals surface area (Å²) < 4.78 is 46.8. The van der Waals surface area contributed by atoms with Crippen molar-refractivity contribution < 1.29 is 32.3 Å². The molecule has 0 aromatic heterocycles. The normalized spacial score (nSPS) is 12.6. The average Bonchev–Trinajstić information content (AvgIpc) is 2.68. The Balaban J connectivity index is 2.40. The second-order valence-corrected chi connectivity index (χ2v) is 10.8. The van der Waals surface area contributed by atoms with Gasteiger partial charge in [0.25, 0.3) is 5.91 Å². The molecule has 0 heterocycles. The van der Waals surface area contributed by atoms with Gasteiger partial charge in [-0.05, 0) is 71.7 Å². The molecule has 196 valence electrons. The largest absolute Gasteiger partial charge is 0.444 e. The third-order valence-corrected chi connectivity index (χ3v) is 4.95. The molecule has 2 rings (SSSR count). The van der Waals surface area contributed by atoms with Crippen LogP contribution in [0, 0.1) is 24.4 Å². The van der Waals surface area contributed by atoms with E-state index < -0.39 is 52.9 Å². The van der Waals surface area contributed by atoms with Crippen molar-refractivity contribution in [2.45, 2.75) is 78.5 Å². The Labute approximate surface area is 209 Å². The summed E-state index contributed by atoms with van der Waals surface area (Å²) in [6, 6.07) is 4.71. The van der Waals surface area contributed by atoms with Crippen molar-refractivity contribution in [3.8, 4) is 0 Å². The Morgan fingerprint density at radius 3 is 2.08 bits per heavy atom. The summed E-state index contributed by atoms with van der Waals surface area (Å²) in [5.41, 5.74) is -0.206. The summed E-state index contributed by atoms with van der Waals surface area (Å²) in [5.74, 6) is -4.66. The highest BCUT2D eigenvalue weighted by atomic mass is 19.2. The Bertz CT molecular complexity index is 1150. The maximum Gasteiger partial charge on any atom is 0.408 e. The molecule has 0 saturated carbocycles. The molecule has 0 saturated heterocycles. The van der Waals surface area contributed by atoms with Gasteiger partial charge < -0.3 is 15.4 Å². The molecule has 2 aromatic rings. The van der Waals surface area contributed by atoms with Crippen LogP contribution in [0.4, 0.5) is 18.0 Å². The van der Waals surface area contributed by atoms with Gasteiger partial charge in [0, 0.05) is 30.0 Å². The van der Waals surface area contributed by atoms with Crippen molar-refractivity contribution in [2.75, 3.05) is 0 Å². The maximum atomic E-state index is 14.4. The minimum absolute atomic E-state index is 0.277. The van der Waals surface area contributed by atoms with E-state index >= 15 is 0 Å². The van der Waals surface area contributed by atoms with E-state index in [4.69, 9.17) is 4.74 Å². The predicted molar refractivity (Wildman–Crippen MR) is 130 cm³/mol. The highest BCUT2D eigenvalue weighted by Gasteiger charge is 2.28. The molecule has 36 heavy (non-hydrogen) atoms. The third-order valence-electron chi connectivity index (χ3n) is 4.95. The predicted octanol–water partition coefficient (Wildman–Crippen LogP) is 5.19. The van der Waals surface area contributed by atoms with Gasteiger partial charge in [0.1, 0.15) is 11.4 Å². The van der Waals surface area contributed by atoms with Gasteiger partial charge in [-0.15, -0.1) is 0 Å². The Hall–Kier alpha value is -3.36. The quantitative estimate of drug-likeness (QED) is 0.507. The SMILES string of the molecule is Cc1ccc(C(=O)NC(C)(C)C)c(CC(=O)[C@@H](Cc2cc(F)c(F)cc2F)NC(=O)OC(C)(C)C)c1. The van der Waals surface area contributed by atoms with Gasteiger partial charge in [-0.1, -0.05) is 17.7 Å². The Morgan fingerprint density at radius 2 is 1.50 bits per heavy atom. The Morgan fingerprint density at radius 1 is 0.889 bits per heavy atom. The number of nitrogens with one attached hydrogen (secondary N) is 2. The average molecular weight is 507 g/mol. The minimum Gasteiger partial charge on any atom is -0.444 e. The van der Waals surface area contributed by atoms with Crippen LogP contribution in [0.1, 0.15) is 68.6 Å². The number of carbonyl (C=O) groups is 3. The molecule has 0 bridgehead atoms. The van der Waals surface area contributed by atoms with Gasteiger partial charge in [0.15, 0.2) is 17.4 Å². The number of carbonyl (C=O) groups excluding carboxylic acids is 3. The second-order valence-electron chi connectivity index (χ2n) is 10.8. The molecule has 0 aliphatic heterocycles. The van der Waals surface area contributed by atoms with Gasteiger partial charge in [-0.25, -0.2) is 18.0 Å². The van der Waals surface area contributed by atoms with E-state index in [0.717, 1.165) is 5.56 Å². The maximum absolute atomic E-state index is 14.4. The smallest absolute Gasteiger partial charge is 0.408 e. The second kappa shape index (κ2) is 11.1. The number of hydrogen-bond donors (Lipinski definition) is 2. The van der Waals surface area contributed by atoms with Gasteiger partial charge >= 0.3 is 6.09 Å². The van der Waals surface area contributed by atoms with Crippen LogP contribution in [0.2, 0.25) is 0 Å². The van der Waals surface area contributed by atoms with Gasteiger partial charge in [-0.2, -0.15) is 0 Å². The van der Waals surface area contributed by atoms with Crippen LogP contribution < -0.4 is 10.6 Å². The van der Waals surface area contributed by atoms with Crippen LogP contribution in [0.5, 0.6) is 0 Å². The fourth-order valence-electron chi connectivity index (χ4n) is 3.44. The molecule has 6 nitrogen and oxygen atoms in total. The van der Waals surface area contributed by atoms with E-state index in [0.29, 0.717) is 17.7 Å². The first-order valence-corrected chi connectivity index (χ1v) is 11.5. The van der Waals surface area contributed by atoms with E-state index in [9.17, 15) is 27.6 Å². The van der Waals surface area contributed by atoms with Crippen molar-refractivity contribution >= 4 is 17.8 Å². The van der Waals surface area contributed by atoms with E-state index in [1.165, 1.54) is 0 Å². The molecule has 2 aromatic carbocycles. The summed E-state index contributed by atoms with van der Waals surface area (Å²) in [6.45, 7) is 12.2. The van der Waals surface area contributed by atoms with Crippen molar-refractivity contribution in [3.05, 3.63) is 70.0 Å².